The van der Waals surface area contributed by atoms with Crippen LogP contribution in [0.1, 0.15) is 0 Å². The Bertz CT molecular complexity index is 441. The van der Waals surface area contributed by atoms with Gasteiger partial charge in [0.25, 0.3) is 0 Å². The van der Waals surface area contributed by atoms with E-state index in [4.69, 9.17) is 10.2 Å². The van der Waals surface area contributed by atoms with Crippen molar-refractivity contribution < 1.29 is 10.2 Å². The molecule has 1 unspecified atom stereocenters. The van der Waals surface area contributed by atoms with Crippen LogP contribution in [-0.2, 0) is 0 Å². The number of rotatable bonds is 4. The molecule has 2 aromatic rings. The molecule has 0 amide bonds. The van der Waals surface area contributed by atoms with Gasteiger partial charge in [-0.3, -0.25) is 0 Å². The number of aliphatic hydroxyl groups is 2. The van der Waals surface area contributed by atoms with Crippen LogP contribution in [0, 0.1) is 0 Å². The second-order valence-corrected chi connectivity index (χ2v) is 3.35. The van der Waals surface area contributed by atoms with Gasteiger partial charge in [0, 0.05) is 12.2 Å². The standard InChI is InChI=1S/C10H13N3O2/c14-5-8(15)4-11-7-1-2-9-10(3-7)13-6-12-9/h1-3,6,8,11,14-15H,4-5H2,(H,12,13). The maximum absolute atomic E-state index is 9.16. The Balaban J connectivity index is 2.08. The van der Waals surface area contributed by atoms with Crippen molar-refractivity contribution in [2.75, 3.05) is 18.5 Å². The minimum absolute atomic E-state index is 0.237. The van der Waals surface area contributed by atoms with Crippen LogP contribution in [0.3, 0.4) is 0 Å². The molecule has 0 radical (unpaired) electrons. The topological polar surface area (TPSA) is 81.2 Å². The van der Waals surface area contributed by atoms with E-state index < -0.39 is 6.10 Å². The highest BCUT2D eigenvalue weighted by Gasteiger charge is 2.02. The van der Waals surface area contributed by atoms with E-state index in [1.165, 1.54) is 0 Å². The number of fused-ring (bicyclic) bond motifs is 1. The van der Waals surface area contributed by atoms with Gasteiger partial charge in [-0.25, -0.2) is 4.98 Å². The van der Waals surface area contributed by atoms with Gasteiger partial charge >= 0.3 is 0 Å². The Kier molecular flexibility index (Phi) is 2.84. The van der Waals surface area contributed by atoms with Crippen molar-refractivity contribution in [1.29, 1.82) is 0 Å². The fourth-order valence-electron chi connectivity index (χ4n) is 1.35. The van der Waals surface area contributed by atoms with Crippen LogP contribution in [0.25, 0.3) is 11.0 Å². The third kappa shape index (κ3) is 2.26. The first-order chi connectivity index (χ1) is 7.29. The van der Waals surface area contributed by atoms with Gasteiger partial charge in [-0.2, -0.15) is 0 Å². The van der Waals surface area contributed by atoms with E-state index in [0.717, 1.165) is 16.7 Å². The number of hydrogen-bond donors (Lipinski definition) is 4. The fraction of sp³-hybridized carbons (Fsp3) is 0.300. The van der Waals surface area contributed by atoms with Crippen molar-refractivity contribution >= 4 is 16.7 Å². The molecule has 15 heavy (non-hydrogen) atoms. The number of hydrogen-bond acceptors (Lipinski definition) is 4. The molecular formula is C10H13N3O2. The molecule has 0 aliphatic rings. The lowest BCUT2D eigenvalue weighted by Gasteiger charge is -2.09. The number of nitrogens with zero attached hydrogens (tertiary/aromatic N) is 1. The number of benzene rings is 1. The highest BCUT2D eigenvalue weighted by Crippen LogP contribution is 2.15. The Morgan fingerprint density at radius 2 is 2.33 bits per heavy atom. The smallest absolute Gasteiger partial charge is 0.0942 e. The van der Waals surface area contributed by atoms with E-state index in [1.807, 2.05) is 18.2 Å². The van der Waals surface area contributed by atoms with Crippen molar-refractivity contribution in [2.24, 2.45) is 0 Å². The average Bonchev–Trinajstić information content (AvgIpc) is 2.72. The van der Waals surface area contributed by atoms with E-state index in [1.54, 1.807) is 6.33 Å². The molecule has 4 N–H and O–H groups in total. The van der Waals surface area contributed by atoms with Crippen molar-refractivity contribution in [3.63, 3.8) is 0 Å². The zero-order valence-corrected chi connectivity index (χ0v) is 8.14. The van der Waals surface area contributed by atoms with Crippen molar-refractivity contribution in [3.05, 3.63) is 24.5 Å². The Hall–Kier alpha value is -1.59. The second-order valence-electron chi connectivity index (χ2n) is 3.35. The van der Waals surface area contributed by atoms with Crippen LogP contribution in [0.2, 0.25) is 0 Å². The first-order valence-corrected chi connectivity index (χ1v) is 4.75. The van der Waals surface area contributed by atoms with E-state index in [0.29, 0.717) is 6.54 Å². The number of H-pyrrole nitrogens is 1. The summed E-state index contributed by atoms with van der Waals surface area (Å²) < 4.78 is 0. The molecule has 80 valence electrons. The summed E-state index contributed by atoms with van der Waals surface area (Å²) in [6.07, 6.45) is 0.902. The van der Waals surface area contributed by atoms with Crippen LogP contribution in [0.5, 0.6) is 0 Å². The summed E-state index contributed by atoms with van der Waals surface area (Å²) in [6.45, 7) is 0.0927. The van der Waals surface area contributed by atoms with Crippen LogP contribution >= 0.6 is 0 Å². The van der Waals surface area contributed by atoms with Crippen LogP contribution in [0.4, 0.5) is 5.69 Å². The minimum Gasteiger partial charge on any atom is -0.394 e. The fourth-order valence-corrected chi connectivity index (χ4v) is 1.35. The van der Waals surface area contributed by atoms with E-state index in [2.05, 4.69) is 15.3 Å². The first kappa shape index (κ1) is 9.95. The first-order valence-electron chi connectivity index (χ1n) is 4.75. The SMILES string of the molecule is OCC(O)CNc1ccc2nc[nH]c2c1. The number of anilines is 1. The summed E-state index contributed by atoms with van der Waals surface area (Å²) in [5.74, 6) is 0. The van der Waals surface area contributed by atoms with Gasteiger partial charge < -0.3 is 20.5 Å². The molecule has 0 saturated carbocycles. The quantitative estimate of drug-likeness (QED) is 0.582. The van der Waals surface area contributed by atoms with Crippen LogP contribution in [0.15, 0.2) is 24.5 Å². The van der Waals surface area contributed by atoms with Crippen molar-refractivity contribution in [3.8, 4) is 0 Å². The van der Waals surface area contributed by atoms with Gasteiger partial charge in [0.1, 0.15) is 0 Å². The number of aliphatic hydroxyl groups excluding tert-OH is 2. The van der Waals surface area contributed by atoms with E-state index in [9.17, 15) is 0 Å². The third-order valence-electron chi connectivity index (χ3n) is 2.17. The molecular weight excluding hydrogens is 194 g/mol. The Morgan fingerprint density at radius 3 is 3.13 bits per heavy atom. The molecule has 1 aromatic heterocycles. The summed E-state index contributed by atoms with van der Waals surface area (Å²) in [7, 11) is 0. The minimum atomic E-state index is -0.734. The lowest BCUT2D eigenvalue weighted by atomic mass is 10.2. The average molecular weight is 207 g/mol. The molecule has 0 aliphatic carbocycles. The predicted molar refractivity (Wildman–Crippen MR) is 57.7 cm³/mol. The number of imidazole rings is 1. The van der Waals surface area contributed by atoms with Crippen LogP contribution in [-0.4, -0.2) is 39.4 Å². The molecule has 0 spiro atoms. The third-order valence-corrected chi connectivity index (χ3v) is 2.17. The second kappa shape index (κ2) is 4.29. The number of aromatic nitrogens is 2. The summed E-state index contributed by atoms with van der Waals surface area (Å²) in [5, 5.41) is 20.8. The Morgan fingerprint density at radius 1 is 1.47 bits per heavy atom. The normalized spacial score (nSPS) is 12.9. The lowest BCUT2D eigenvalue weighted by Crippen LogP contribution is -2.22. The van der Waals surface area contributed by atoms with Gasteiger partial charge in [0.05, 0.1) is 30.1 Å². The largest absolute Gasteiger partial charge is 0.394 e. The lowest BCUT2D eigenvalue weighted by molar-refractivity contribution is 0.105. The predicted octanol–water partition coefficient (Wildman–Crippen LogP) is 0.328. The maximum Gasteiger partial charge on any atom is 0.0942 e. The van der Waals surface area contributed by atoms with Crippen molar-refractivity contribution in [1.82, 2.24) is 9.97 Å². The summed E-state index contributed by atoms with van der Waals surface area (Å²) in [4.78, 5) is 7.10. The zero-order chi connectivity index (χ0) is 10.7. The molecule has 2 rings (SSSR count). The van der Waals surface area contributed by atoms with E-state index in [-0.39, 0.29) is 6.61 Å². The van der Waals surface area contributed by atoms with Crippen LogP contribution < -0.4 is 5.32 Å². The Labute approximate surface area is 86.8 Å². The molecule has 0 aliphatic heterocycles. The van der Waals surface area contributed by atoms with Gasteiger partial charge in [0.2, 0.25) is 0 Å². The maximum atomic E-state index is 9.16. The highest BCUT2D eigenvalue weighted by molar-refractivity contribution is 5.78. The molecule has 1 aromatic carbocycles. The summed E-state index contributed by atoms with van der Waals surface area (Å²) in [5.41, 5.74) is 2.74. The summed E-state index contributed by atoms with van der Waals surface area (Å²) >= 11 is 0. The van der Waals surface area contributed by atoms with Gasteiger partial charge in [-0.15, -0.1) is 0 Å². The van der Waals surface area contributed by atoms with Crippen molar-refractivity contribution in [2.45, 2.75) is 6.10 Å². The molecule has 1 heterocycles. The highest BCUT2D eigenvalue weighted by atomic mass is 16.3. The zero-order valence-electron chi connectivity index (χ0n) is 8.14. The van der Waals surface area contributed by atoms with Gasteiger partial charge in [-0.05, 0) is 18.2 Å². The molecule has 0 saturated heterocycles. The molecule has 5 heteroatoms. The van der Waals surface area contributed by atoms with Gasteiger partial charge in [-0.1, -0.05) is 0 Å². The molecule has 5 nitrogen and oxygen atoms in total. The van der Waals surface area contributed by atoms with Gasteiger partial charge in [0.15, 0.2) is 0 Å². The number of aromatic amines is 1. The molecule has 0 bridgehead atoms. The molecule has 1 atom stereocenters. The molecule has 0 fully saturated rings. The van der Waals surface area contributed by atoms with E-state index >= 15 is 0 Å². The summed E-state index contributed by atoms with van der Waals surface area (Å²) in [6, 6.07) is 5.68. The number of nitrogens with one attached hydrogen (secondary N) is 2. The monoisotopic (exact) mass is 207 g/mol.